The third-order valence-corrected chi connectivity index (χ3v) is 7.41. The Labute approximate surface area is 261 Å². The van der Waals surface area contributed by atoms with Gasteiger partial charge in [0.25, 0.3) is 5.69 Å². The summed E-state index contributed by atoms with van der Waals surface area (Å²) in [5.74, 6) is 2.54. The molecule has 4 aromatic carbocycles. The van der Waals surface area contributed by atoms with Gasteiger partial charge in [-0.3, -0.25) is 10.1 Å². The Bertz CT molecular complexity index is 1670. The number of fused-ring (bicyclic) bond motifs is 1. The first kappa shape index (κ1) is 31.3. The number of methoxy groups -OCH3 is 4. The molecule has 4 aromatic rings. The molecule has 0 N–H and O–H groups in total. The number of nitrogens with zero attached hydrogens (tertiary/aromatic N) is 2. The van der Waals surface area contributed by atoms with Crippen LogP contribution in [0.15, 0.2) is 84.9 Å². The van der Waals surface area contributed by atoms with Crippen LogP contribution in [0.1, 0.15) is 27.8 Å². The number of ether oxygens (including phenoxy) is 4. The molecular formula is C34H33BrN2O6. The normalized spacial score (nSPS) is 12.6. The number of allylic oxidation sites excluding steroid dienone is 1. The molecule has 43 heavy (non-hydrogen) atoms. The van der Waals surface area contributed by atoms with Crippen molar-refractivity contribution in [2.24, 2.45) is 0 Å². The molecule has 0 amide bonds. The van der Waals surface area contributed by atoms with E-state index in [0.29, 0.717) is 29.5 Å². The van der Waals surface area contributed by atoms with E-state index in [1.54, 1.807) is 40.6 Å². The fourth-order valence-electron chi connectivity index (χ4n) is 5.31. The number of rotatable bonds is 10. The molecule has 9 heteroatoms. The van der Waals surface area contributed by atoms with E-state index < -0.39 is 4.92 Å². The lowest BCUT2D eigenvalue weighted by atomic mass is 9.87. The fourth-order valence-corrected chi connectivity index (χ4v) is 5.31. The van der Waals surface area contributed by atoms with Gasteiger partial charge in [0, 0.05) is 24.1 Å². The maximum atomic E-state index is 11.3. The summed E-state index contributed by atoms with van der Waals surface area (Å²) < 4.78 is 25.0. The minimum atomic E-state index is -0.393. The molecule has 5 rings (SSSR count). The van der Waals surface area contributed by atoms with Gasteiger partial charge in [0.05, 0.1) is 44.5 Å². The van der Waals surface area contributed by atoms with Crippen LogP contribution < -0.4 is 35.9 Å². The Morgan fingerprint density at radius 1 is 0.814 bits per heavy atom. The predicted molar refractivity (Wildman–Crippen MR) is 163 cm³/mol. The number of nitro groups is 1. The molecule has 0 aliphatic carbocycles. The number of halogens is 1. The zero-order valence-electron chi connectivity index (χ0n) is 24.5. The Morgan fingerprint density at radius 2 is 1.44 bits per heavy atom. The molecule has 1 heterocycles. The van der Waals surface area contributed by atoms with Crippen LogP contribution in [0.5, 0.6) is 23.0 Å². The zero-order chi connectivity index (χ0) is 29.6. The molecule has 0 atom stereocenters. The average Bonchev–Trinajstić information content (AvgIpc) is 3.03. The van der Waals surface area contributed by atoms with Crippen molar-refractivity contribution in [1.29, 1.82) is 0 Å². The second-order valence-electron chi connectivity index (χ2n) is 9.85. The lowest BCUT2D eigenvalue weighted by Gasteiger charge is -2.23. The van der Waals surface area contributed by atoms with Crippen molar-refractivity contribution in [3.8, 4) is 23.0 Å². The number of non-ortho nitro benzene ring substituents is 1. The van der Waals surface area contributed by atoms with E-state index >= 15 is 0 Å². The number of nitro benzene ring substituents is 1. The Hall–Kier alpha value is -4.63. The van der Waals surface area contributed by atoms with Gasteiger partial charge in [0.15, 0.2) is 29.5 Å². The highest BCUT2D eigenvalue weighted by atomic mass is 79.9. The second kappa shape index (κ2) is 14.0. The van der Waals surface area contributed by atoms with Crippen LogP contribution in [0.3, 0.4) is 0 Å². The van der Waals surface area contributed by atoms with Crippen LogP contribution >= 0.6 is 0 Å². The summed E-state index contributed by atoms with van der Waals surface area (Å²) in [6.45, 7) is 1.46. The standard InChI is InChI=1S/C34H33N2O6.BrH/c1-39-30-15-12-25(19-31(30)40-2)28(18-23-10-13-27(14-11-23)36(37)38)34-29-21-33(42-4)32(41-3)20-26(29)16-17-35(34)22-24-8-6-5-7-9-24;/h5-15,18-21H,16-17,22H2,1-4H3;1H/q+1;/p-1. The van der Waals surface area contributed by atoms with Crippen molar-refractivity contribution in [3.63, 3.8) is 0 Å². The highest BCUT2D eigenvalue weighted by molar-refractivity contribution is 6.33. The second-order valence-corrected chi connectivity index (χ2v) is 9.85. The van der Waals surface area contributed by atoms with Crippen molar-refractivity contribution in [3.05, 3.63) is 123 Å². The van der Waals surface area contributed by atoms with E-state index in [4.69, 9.17) is 18.9 Å². The molecular weight excluding hydrogens is 612 g/mol. The Balaban J connectivity index is 0.00000423. The summed E-state index contributed by atoms with van der Waals surface area (Å²) >= 11 is 0. The monoisotopic (exact) mass is 644 g/mol. The van der Waals surface area contributed by atoms with Crippen LogP contribution in [0.4, 0.5) is 5.69 Å². The average molecular weight is 646 g/mol. The third kappa shape index (κ3) is 6.73. The molecule has 1 aliphatic heterocycles. The van der Waals surface area contributed by atoms with Crippen LogP contribution in [-0.4, -0.2) is 50.2 Å². The van der Waals surface area contributed by atoms with Gasteiger partial charge in [-0.25, -0.2) is 4.58 Å². The van der Waals surface area contributed by atoms with E-state index in [9.17, 15) is 10.1 Å². The van der Waals surface area contributed by atoms with Gasteiger partial charge in [0.1, 0.15) is 6.54 Å². The van der Waals surface area contributed by atoms with Crippen LogP contribution in [0.2, 0.25) is 0 Å². The Morgan fingerprint density at radius 3 is 2.07 bits per heavy atom. The lowest BCUT2D eigenvalue weighted by Crippen LogP contribution is -3.00. The van der Waals surface area contributed by atoms with E-state index in [2.05, 4.69) is 22.8 Å². The van der Waals surface area contributed by atoms with E-state index in [0.717, 1.165) is 46.5 Å². The van der Waals surface area contributed by atoms with Crippen LogP contribution in [-0.2, 0) is 13.0 Å². The molecule has 0 fully saturated rings. The first-order chi connectivity index (χ1) is 20.4. The molecule has 0 bridgehead atoms. The van der Waals surface area contributed by atoms with Crippen molar-refractivity contribution in [2.75, 3.05) is 35.0 Å². The SMILES string of the molecule is COc1ccc(C(=Cc2ccc([N+](=O)[O-])cc2)C2=[N+](Cc3ccccc3)CCc3cc(OC)c(OC)cc32)cc1OC.[Br-]. The number of hydrogen-bond donors (Lipinski definition) is 0. The molecule has 0 unspecified atom stereocenters. The van der Waals surface area contributed by atoms with Crippen LogP contribution in [0, 0.1) is 10.1 Å². The van der Waals surface area contributed by atoms with Crippen molar-refractivity contribution >= 4 is 23.0 Å². The summed E-state index contributed by atoms with van der Waals surface area (Å²) in [4.78, 5) is 10.9. The van der Waals surface area contributed by atoms with Gasteiger partial charge in [-0.05, 0) is 59.2 Å². The van der Waals surface area contributed by atoms with E-state index in [-0.39, 0.29) is 22.7 Å². The van der Waals surface area contributed by atoms with Crippen molar-refractivity contribution < 1.29 is 45.4 Å². The molecule has 0 saturated heterocycles. The minimum absolute atomic E-state index is 0. The van der Waals surface area contributed by atoms with Gasteiger partial charge >= 0.3 is 0 Å². The number of hydrogen-bond acceptors (Lipinski definition) is 6. The van der Waals surface area contributed by atoms with E-state index in [1.165, 1.54) is 17.7 Å². The molecule has 1 aliphatic rings. The summed E-state index contributed by atoms with van der Waals surface area (Å²) in [5.41, 5.74) is 7.05. The van der Waals surface area contributed by atoms with Gasteiger partial charge in [-0.1, -0.05) is 36.4 Å². The molecule has 0 spiro atoms. The maximum Gasteiger partial charge on any atom is 0.269 e. The predicted octanol–water partition coefficient (Wildman–Crippen LogP) is 3.43. The fraction of sp³-hybridized carbons (Fsp3) is 0.206. The van der Waals surface area contributed by atoms with Crippen molar-refractivity contribution in [1.82, 2.24) is 0 Å². The molecule has 0 radical (unpaired) electrons. The van der Waals surface area contributed by atoms with E-state index in [1.807, 2.05) is 48.5 Å². The molecule has 0 saturated carbocycles. The molecule has 0 aromatic heterocycles. The topological polar surface area (TPSA) is 83.1 Å². The summed E-state index contributed by atoms with van der Waals surface area (Å²) in [6, 6.07) is 26.8. The van der Waals surface area contributed by atoms with Gasteiger partial charge < -0.3 is 35.9 Å². The van der Waals surface area contributed by atoms with Gasteiger partial charge in [-0.2, -0.15) is 0 Å². The van der Waals surface area contributed by atoms with Crippen LogP contribution in [0.25, 0.3) is 11.6 Å². The lowest BCUT2D eigenvalue weighted by molar-refractivity contribution is -0.543. The highest BCUT2D eigenvalue weighted by Gasteiger charge is 2.32. The molecule has 8 nitrogen and oxygen atoms in total. The minimum Gasteiger partial charge on any atom is -1.00 e. The Kier molecular flexibility index (Phi) is 10.2. The quantitative estimate of drug-likeness (QED) is 0.114. The molecule has 222 valence electrons. The van der Waals surface area contributed by atoms with Gasteiger partial charge in [-0.15, -0.1) is 0 Å². The van der Waals surface area contributed by atoms with Crippen molar-refractivity contribution in [2.45, 2.75) is 13.0 Å². The first-order valence-corrected chi connectivity index (χ1v) is 13.6. The third-order valence-electron chi connectivity index (χ3n) is 7.41. The summed E-state index contributed by atoms with van der Waals surface area (Å²) in [6.07, 6.45) is 2.88. The first-order valence-electron chi connectivity index (χ1n) is 13.6. The maximum absolute atomic E-state index is 11.3. The largest absolute Gasteiger partial charge is 1.00 e. The van der Waals surface area contributed by atoms with Gasteiger partial charge in [0.2, 0.25) is 5.71 Å². The highest BCUT2D eigenvalue weighted by Crippen LogP contribution is 2.38. The summed E-state index contributed by atoms with van der Waals surface area (Å²) in [5, 5.41) is 11.3. The zero-order valence-corrected chi connectivity index (χ0v) is 26.1. The number of benzene rings is 4. The smallest absolute Gasteiger partial charge is 0.269 e. The summed E-state index contributed by atoms with van der Waals surface area (Å²) in [7, 11) is 6.50.